The molecule has 4 rings (SSSR count). The first-order chi connectivity index (χ1) is 13.6. The molecule has 1 amide bonds. The van der Waals surface area contributed by atoms with Crippen molar-refractivity contribution >= 4 is 16.8 Å². The monoisotopic (exact) mass is 370 g/mol. The number of rotatable bonds is 5. The van der Waals surface area contributed by atoms with Gasteiger partial charge in [-0.15, -0.1) is 0 Å². The normalized spacial score (nSPS) is 10.9. The number of benzene rings is 2. The highest BCUT2D eigenvalue weighted by Crippen LogP contribution is 2.18. The predicted molar refractivity (Wildman–Crippen MR) is 110 cm³/mol. The molecular weight excluding hydrogens is 348 g/mol. The summed E-state index contributed by atoms with van der Waals surface area (Å²) in [5.41, 5.74) is 5.68. The number of aryl methyl sites for hydroxylation is 2. The molecule has 5 nitrogen and oxygen atoms in total. The maximum atomic E-state index is 12.7. The molecule has 28 heavy (non-hydrogen) atoms. The number of hydrogen-bond acceptors (Lipinski definition) is 3. The van der Waals surface area contributed by atoms with Gasteiger partial charge in [0, 0.05) is 30.9 Å². The van der Waals surface area contributed by atoms with Crippen molar-refractivity contribution in [2.45, 2.75) is 26.9 Å². The molecule has 0 atom stereocenters. The number of nitrogens with one attached hydrogen (secondary N) is 1. The van der Waals surface area contributed by atoms with Crippen LogP contribution in [0.1, 0.15) is 32.7 Å². The van der Waals surface area contributed by atoms with E-state index in [-0.39, 0.29) is 5.91 Å². The van der Waals surface area contributed by atoms with Gasteiger partial charge in [0.05, 0.1) is 23.1 Å². The summed E-state index contributed by atoms with van der Waals surface area (Å²) in [5.74, 6) is -0.101. The summed E-state index contributed by atoms with van der Waals surface area (Å²) < 4.78 is 2.02. The Bertz CT molecular complexity index is 1120. The molecule has 0 radical (unpaired) electrons. The van der Waals surface area contributed by atoms with E-state index in [1.165, 1.54) is 5.56 Å². The predicted octanol–water partition coefficient (Wildman–Crippen LogP) is 4.03. The standard InChI is InChI=1S/C23H22N4O/c1-16-3-8-22-20(11-16)12-21(17(2)26-22)23(28)25-13-18-4-6-19(7-5-18)14-27-10-9-24-15-27/h3-12,15H,13-14H2,1-2H3,(H,25,28). The topological polar surface area (TPSA) is 59.8 Å². The third-order valence-electron chi connectivity index (χ3n) is 4.81. The number of aromatic nitrogens is 3. The molecule has 2 aromatic carbocycles. The molecule has 0 aliphatic heterocycles. The zero-order chi connectivity index (χ0) is 19.5. The van der Waals surface area contributed by atoms with Crippen LogP contribution in [0.5, 0.6) is 0 Å². The van der Waals surface area contributed by atoms with E-state index in [1.54, 1.807) is 12.5 Å². The molecule has 5 heteroatoms. The maximum Gasteiger partial charge on any atom is 0.253 e. The van der Waals surface area contributed by atoms with Crippen molar-refractivity contribution in [3.63, 3.8) is 0 Å². The molecule has 0 aliphatic carbocycles. The maximum absolute atomic E-state index is 12.7. The zero-order valence-corrected chi connectivity index (χ0v) is 16.0. The number of carbonyl (C=O) groups is 1. The minimum atomic E-state index is -0.101. The van der Waals surface area contributed by atoms with Gasteiger partial charge in [0.15, 0.2) is 0 Å². The Labute approximate surface area is 164 Å². The van der Waals surface area contributed by atoms with Crippen LogP contribution in [0.2, 0.25) is 0 Å². The minimum absolute atomic E-state index is 0.101. The molecule has 1 N–H and O–H groups in total. The van der Waals surface area contributed by atoms with Crippen LogP contribution in [0.4, 0.5) is 0 Å². The molecule has 0 spiro atoms. The van der Waals surface area contributed by atoms with E-state index in [0.717, 1.165) is 34.3 Å². The lowest BCUT2D eigenvalue weighted by molar-refractivity contribution is 0.0950. The van der Waals surface area contributed by atoms with Gasteiger partial charge in [-0.25, -0.2) is 4.98 Å². The Morgan fingerprint density at radius 1 is 1.04 bits per heavy atom. The molecule has 140 valence electrons. The highest BCUT2D eigenvalue weighted by molar-refractivity contribution is 5.98. The van der Waals surface area contributed by atoms with Gasteiger partial charge in [-0.1, -0.05) is 35.9 Å². The van der Waals surface area contributed by atoms with Crippen molar-refractivity contribution in [1.29, 1.82) is 0 Å². The van der Waals surface area contributed by atoms with Gasteiger partial charge in [0.25, 0.3) is 5.91 Å². The molecule has 0 bridgehead atoms. The summed E-state index contributed by atoms with van der Waals surface area (Å²) in [6, 6.07) is 16.2. The fourth-order valence-electron chi connectivity index (χ4n) is 3.25. The number of fused-ring (bicyclic) bond motifs is 1. The number of pyridine rings is 1. The summed E-state index contributed by atoms with van der Waals surface area (Å²) >= 11 is 0. The van der Waals surface area contributed by atoms with Crippen LogP contribution in [0, 0.1) is 13.8 Å². The van der Waals surface area contributed by atoms with Gasteiger partial charge in [-0.05, 0) is 43.2 Å². The van der Waals surface area contributed by atoms with Crippen LogP contribution >= 0.6 is 0 Å². The van der Waals surface area contributed by atoms with Crippen LogP contribution in [0.3, 0.4) is 0 Å². The lowest BCUT2D eigenvalue weighted by atomic mass is 10.1. The third kappa shape index (κ3) is 3.93. The molecule has 2 aromatic heterocycles. The first-order valence-electron chi connectivity index (χ1n) is 9.28. The molecule has 4 aromatic rings. The molecule has 0 fully saturated rings. The van der Waals surface area contributed by atoms with E-state index < -0.39 is 0 Å². The Hall–Kier alpha value is -3.47. The van der Waals surface area contributed by atoms with Gasteiger partial charge in [-0.2, -0.15) is 0 Å². The highest BCUT2D eigenvalue weighted by Gasteiger charge is 2.11. The largest absolute Gasteiger partial charge is 0.348 e. The Morgan fingerprint density at radius 2 is 1.82 bits per heavy atom. The molecule has 0 unspecified atom stereocenters. The second-order valence-electron chi connectivity index (χ2n) is 7.05. The molecule has 0 saturated carbocycles. The highest BCUT2D eigenvalue weighted by atomic mass is 16.1. The van der Waals surface area contributed by atoms with Gasteiger partial charge in [-0.3, -0.25) is 9.78 Å². The smallest absolute Gasteiger partial charge is 0.253 e. The van der Waals surface area contributed by atoms with Gasteiger partial charge in [0.1, 0.15) is 0 Å². The van der Waals surface area contributed by atoms with Crippen LogP contribution in [-0.2, 0) is 13.1 Å². The van der Waals surface area contributed by atoms with Gasteiger partial charge in [0.2, 0.25) is 0 Å². The fourth-order valence-corrected chi connectivity index (χ4v) is 3.25. The number of imidazole rings is 1. The Balaban J connectivity index is 1.44. The number of hydrogen-bond donors (Lipinski definition) is 1. The first-order valence-corrected chi connectivity index (χ1v) is 9.28. The van der Waals surface area contributed by atoms with E-state index in [2.05, 4.69) is 33.5 Å². The van der Waals surface area contributed by atoms with Gasteiger partial charge >= 0.3 is 0 Å². The van der Waals surface area contributed by atoms with E-state index in [4.69, 9.17) is 0 Å². The second-order valence-corrected chi connectivity index (χ2v) is 7.05. The Morgan fingerprint density at radius 3 is 2.57 bits per heavy atom. The van der Waals surface area contributed by atoms with E-state index >= 15 is 0 Å². The molecule has 0 aliphatic rings. The molecule has 0 saturated heterocycles. The lowest BCUT2D eigenvalue weighted by Crippen LogP contribution is -2.24. The summed E-state index contributed by atoms with van der Waals surface area (Å²) in [5, 5.41) is 3.99. The van der Waals surface area contributed by atoms with Crippen molar-refractivity contribution in [2.24, 2.45) is 0 Å². The number of amides is 1. The molecular formula is C23H22N4O. The van der Waals surface area contributed by atoms with E-state index in [9.17, 15) is 4.79 Å². The summed E-state index contributed by atoms with van der Waals surface area (Å²) in [6.45, 7) is 5.18. The van der Waals surface area contributed by atoms with Crippen LogP contribution < -0.4 is 5.32 Å². The first kappa shape index (κ1) is 17.9. The average molecular weight is 370 g/mol. The van der Waals surface area contributed by atoms with Crippen molar-refractivity contribution in [3.05, 3.63) is 95.2 Å². The Kier molecular flexibility index (Phi) is 4.89. The minimum Gasteiger partial charge on any atom is -0.348 e. The lowest BCUT2D eigenvalue weighted by Gasteiger charge is -2.10. The van der Waals surface area contributed by atoms with E-state index in [1.807, 2.05) is 54.9 Å². The van der Waals surface area contributed by atoms with E-state index in [0.29, 0.717) is 12.1 Å². The molecule has 2 heterocycles. The third-order valence-corrected chi connectivity index (χ3v) is 4.81. The number of nitrogens with zero attached hydrogens (tertiary/aromatic N) is 3. The average Bonchev–Trinajstić information content (AvgIpc) is 3.20. The second kappa shape index (κ2) is 7.64. The SMILES string of the molecule is Cc1ccc2nc(C)c(C(=O)NCc3ccc(Cn4ccnc4)cc3)cc2c1. The van der Waals surface area contributed by atoms with Crippen LogP contribution in [0.25, 0.3) is 10.9 Å². The zero-order valence-electron chi connectivity index (χ0n) is 16.0. The van der Waals surface area contributed by atoms with Crippen molar-refractivity contribution < 1.29 is 4.79 Å². The van der Waals surface area contributed by atoms with Crippen molar-refractivity contribution in [2.75, 3.05) is 0 Å². The summed E-state index contributed by atoms with van der Waals surface area (Å²) in [6.07, 6.45) is 5.51. The fraction of sp³-hybridized carbons (Fsp3) is 0.174. The quantitative estimate of drug-likeness (QED) is 0.577. The van der Waals surface area contributed by atoms with Gasteiger partial charge < -0.3 is 9.88 Å². The van der Waals surface area contributed by atoms with Crippen molar-refractivity contribution in [3.8, 4) is 0 Å². The summed E-state index contributed by atoms with van der Waals surface area (Å²) in [4.78, 5) is 21.3. The van der Waals surface area contributed by atoms with Crippen molar-refractivity contribution in [1.82, 2.24) is 19.9 Å². The summed E-state index contributed by atoms with van der Waals surface area (Å²) in [7, 11) is 0. The van der Waals surface area contributed by atoms with Crippen LogP contribution in [-0.4, -0.2) is 20.4 Å². The number of carbonyl (C=O) groups excluding carboxylic acids is 1. The van der Waals surface area contributed by atoms with Crippen LogP contribution in [0.15, 0.2) is 67.3 Å².